The van der Waals surface area contributed by atoms with Gasteiger partial charge in [0.2, 0.25) is 0 Å². The lowest BCUT2D eigenvalue weighted by molar-refractivity contribution is 0.585. The molecule has 0 saturated heterocycles. The largest absolute Gasteiger partial charge is 0.381 e. The zero-order valence-electron chi connectivity index (χ0n) is 11.7. The molecule has 2 aromatic rings. The van der Waals surface area contributed by atoms with E-state index in [1.54, 1.807) is 10.9 Å². The molecule has 0 atom stereocenters. The van der Waals surface area contributed by atoms with E-state index < -0.39 is 0 Å². The van der Waals surface area contributed by atoms with Crippen molar-refractivity contribution in [3.05, 3.63) is 36.7 Å². The minimum absolute atomic E-state index is 0.527. The van der Waals surface area contributed by atoms with E-state index in [0.29, 0.717) is 6.04 Å². The van der Waals surface area contributed by atoms with Crippen molar-refractivity contribution in [3.8, 4) is 5.69 Å². The molecule has 4 heteroatoms. The predicted molar refractivity (Wildman–Crippen MR) is 78.6 cm³/mol. The summed E-state index contributed by atoms with van der Waals surface area (Å²) in [7, 11) is 0. The predicted octanol–water partition coefficient (Wildman–Crippen LogP) is 3.65. The SMILES string of the molecule is CCCC(CCC)Nc1ccccc1-n1ccnn1. The smallest absolute Gasteiger partial charge is 0.0894 e. The average Bonchev–Trinajstić information content (AvgIpc) is 2.94. The number of hydrogen-bond donors (Lipinski definition) is 1. The summed E-state index contributed by atoms with van der Waals surface area (Å²) in [6.45, 7) is 4.46. The second kappa shape index (κ2) is 6.92. The number of nitrogens with one attached hydrogen (secondary N) is 1. The van der Waals surface area contributed by atoms with E-state index in [4.69, 9.17) is 0 Å². The number of anilines is 1. The molecule has 0 unspecified atom stereocenters. The van der Waals surface area contributed by atoms with Crippen LogP contribution in [-0.4, -0.2) is 21.0 Å². The van der Waals surface area contributed by atoms with Gasteiger partial charge in [0.05, 0.1) is 23.8 Å². The Morgan fingerprint density at radius 3 is 2.53 bits per heavy atom. The second-order valence-corrected chi connectivity index (χ2v) is 4.78. The molecule has 19 heavy (non-hydrogen) atoms. The molecule has 4 nitrogen and oxygen atoms in total. The Balaban J connectivity index is 2.19. The van der Waals surface area contributed by atoms with Gasteiger partial charge in [-0.25, -0.2) is 4.68 Å². The van der Waals surface area contributed by atoms with Gasteiger partial charge in [-0.3, -0.25) is 0 Å². The van der Waals surface area contributed by atoms with Crippen molar-refractivity contribution in [2.45, 2.75) is 45.6 Å². The van der Waals surface area contributed by atoms with Crippen molar-refractivity contribution < 1.29 is 0 Å². The quantitative estimate of drug-likeness (QED) is 0.824. The highest BCUT2D eigenvalue weighted by molar-refractivity contribution is 5.60. The number of rotatable bonds is 7. The lowest BCUT2D eigenvalue weighted by Crippen LogP contribution is -2.20. The van der Waals surface area contributed by atoms with Crippen LogP contribution in [-0.2, 0) is 0 Å². The zero-order chi connectivity index (χ0) is 13.5. The first kappa shape index (κ1) is 13.6. The Labute approximate surface area is 114 Å². The Hall–Kier alpha value is -1.84. The fraction of sp³-hybridized carbons (Fsp3) is 0.467. The number of para-hydroxylation sites is 2. The highest BCUT2D eigenvalue weighted by Gasteiger charge is 2.10. The molecule has 0 amide bonds. The summed E-state index contributed by atoms with van der Waals surface area (Å²) in [6.07, 6.45) is 8.35. The molecule has 1 aromatic carbocycles. The highest BCUT2D eigenvalue weighted by atomic mass is 15.4. The monoisotopic (exact) mass is 258 g/mol. The van der Waals surface area contributed by atoms with Crippen LogP contribution in [0, 0.1) is 0 Å². The van der Waals surface area contributed by atoms with Crippen molar-refractivity contribution in [1.29, 1.82) is 0 Å². The Kier molecular flexibility index (Phi) is 4.95. The summed E-state index contributed by atoms with van der Waals surface area (Å²) in [5.74, 6) is 0. The molecule has 0 bridgehead atoms. The number of benzene rings is 1. The summed E-state index contributed by atoms with van der Waals surface area (Å²) >= 11 is 0. The van der Waals surface area contributed by atoms with Crippen LogP contribution in [0.5, 0.6) is 0 Å². The summed E-state index contributed by atoms with van der Waals surface area (Å²) in [5, 5.41) is 11.6. The molecule has 1 heterocycles. The van der Waals surface area contributed by atoms with Crippen molar-refractivity contribution in [2.24, 2.45) is 0 Å². The summed E-state index contributed by atoms with van der Waals surface area (Å²) in [5.41, 5.74) is 2.18. The highest BCUT2D eigenvalue weighted by Crippen LogP contribution is 2.21. The lowest BCUT2D eigenvalue weighted by Gasteiger charge is -2.20. The topological polar surface area (TPSA) is 42.7 Å². The Morgan fingerprint density at radius 1 is 1.16 bits per heavy atom. The van der Waals surface area contributed by atoms with E-state index in [1.165, 1.54) is 25.7 Å². The number of hydrogen-bond acceptors (Lipinski definition) is 3. The van der Waals surface area contributed by atoms with Crippen molar-refractivity contribution in [2.75, 3.05) is 5.32 Å². The number of nitrogens with zero attached hydrogens (tertiary/aromatic N) is 3. The molecule has 102 valence electrons. The first-order valence-corrected chi connectivity index (χ1v) is 7.07. The van der Waals surface area contributed by atoms with Gasteiger partial charge in [0.25, 0.3) is 0 Å². The summed E-state index contributed by atoms with van der Waals surface area (Å²) < 4.78 is 1.80. The van der Waals surface area contributed by atoms with Gasteiger partial charge in [-0.05, 0) is 25.0 Å². The van der Waals surface area contributed by atoms with Crippen molar-refractivity contribution >= 4 is 5.69 Å². The van der Waals surface area contributed by atoms with Crippen LogP contribution in [0.4, 0.5) is 5.69 Å². The third-order valence-corrected chi connectivity index (χ3v) is 3.21. The molecule has 2 rings (SSSR count). The van der Waals surface area contributed by atoms with E-state index in [0.717, 1.165) is 11.4 Å². The standard InChI is InChI=1S/C15H22N4/c1-3-7-13(8-4-2)17-14-9-5-6-10-15(14)19-12-11-16-18-19/h5-6,9-13,17H,3-4,7-8H2,1-2H3. The molecule has 0 radical (unpaired) electrons. The first-order valence-electron chi connectivity index (χ1n) is 7.07. The van der Waals surface area contributed by atoms with Gasteiger partial charge in [-0.15, -0.1) is 5.10 Å². The Morgan fingerprint density at radius 2 is 1.89 bits per heavy atom. The molecule has 1 aromatic heterocycles. The molecule has 0 spiro atoms. The lowest BCUT2D eigenvalue weighted by atomic mass is 10.1. The maximum Gasteiger partial charge on any atom is 0.0894 e. The second-order valence-electron chi connectivity index (χ2n) is 4.78. The third-order valence-electron chi connectivity index (χ3n) is 3.21. The van der Waals surface area contributed by atoms with Crippen LogP contribution >= 0.6 is 0 Å². The van der Waals surface area contributed by atoms with Gasteiger partial charge >= 0.3 is 0 Å². The number of aromatic nitrogens is 3. The van der Waals surface area contributed by atoms with E-state index in [-0.39, 0.29) is 0 Å². The van der Waals surface area contributed by atoms with E-state index in [2.05, 4.69) is 47.7 Å². The van der Waals surface area contributed by atoms with Gasteiger partial charge in [0, 0.05) is 6.04 Å². The first-order chi connectivity index (χ1) is 9.35. The molecule has 0 aliphatic carbocycles. The molecule has 1 N–H and O–H groups in total. The van der Waals surface area contributed by atoms with Crippen LogP contribution in [0.1, 0.15) is 39.5 Å². The molecule has 0 saturated carbocycles. The summed E-state index contributed by atoms with van der Waals surface area (Å²) in [6, 6.07) is 8.77. The van der Waals surface area contributed by atoms with Crippen molar-refractivity contribution in [1.82, 2.24) is 15.0 Å². The van der Waals surface area contributed by atoms with Gasteiger partial charge in [0.1, 0.15) is 0 Å². The minimum Gasteiger partial charge on any atom is -0.381 e. The maximum atomic E-state index is 4.07. The molecule has 0 fully saturated rings. The molecule has 0 aliphatic rings. The normalized spacial score (nSPS) is 10.9. The van der Waals surface area contributed by atoms with Crippen LogP contribution in [0.25, 0.3) is 5.69 Å². The van der Waals surface area contributed by atoms with Crippen LogP contribution in [0.3, 0.4) is 0 Å². The van der Waals surface area contributed by atoms with E-state index in [1.807, 2.05) is 12.3 Å². The molecule has 0 aliphatic heterocycles. The fourth-order valence-corrected chi connectivity index (χ4v) is 2.34. The molecular weight excluding hydrogens is 236 g/mol. The Bertz CT molecular complexity index is 473. The average molecular weight is 258 g/mol. The van der Waals surface area contributed by atoms with Crippen molar-refractivity contribution in [3.63, 3.8) is 0 Å². The maximum absolute atomic E-state index is 4.07. The van der Waals surface area contributed by atoms with Gasteiger partial charge in [-0.2, -0.15) is 0 Å². The van der Waals surface area contributed by atoms with Gasteiger partial charge in [-0.1, -0.05) is 44.0 Å². The van der Waals surface area contributed by atoms with Crippen LogP contribution < -0.4 is 5.32 Å². The van der Waals surface area contributed by atoms with E-state index >= 15 is 0 Å². The summed E-state index contributed by atoms with van der Waals surface area (Å²) in [4.78, 5) is 0. The fourth-order valence-electron chi connectivity index (χ4n) is 2.34. The molecular formula is C15H22N4. The van der Waals surface area contributed by atoms with Crippen LogP contribution in [0.2, 0.25) is 0 Å². The van der Waals surface area contributed by atoms with E-state index in [9.17, 15) is 0 Å². The third kappa shape index (κ3) is 3.56. The van der Waals surface area contributed by atoms with Crippen LogP contribution in [0.15, 0.2) is 36.7 Å². The van der Waals surface area contributed by atoms with Gasteiger partial charge < -0.3 is 5.32 Å². The zero-order valence-corrected chi connectivity index (χ0v) is 11.7. The van der Waals surface area contributed by atoms with Gasteiger partial charge in [0.15, 0.2) is 0 Å². The minimum atomic E-state index is 0.527.